The van der Waals surface area contributed by atoms with Crippen LogP contribution in [0.4, 0.5) is 5.82 Å². The quantitative estimate of drug-likeness (QED) is 0.693. The van der Waals surface area contributed by atoms with E-state index in [1.807, 2.05) is 30.3 Å². The average molecular weight is 414 g/mol. The summed E-state index contributed by atoms with van der Waals surface area (Å²) >= 11 is 0. The van der Waals surface area contributed by atoms with Gasteiger partial charge < -0.3 is 10.2 Å². The molecular weight excluding hydrogens is 386 g/mol. The Morgan fingerprint density at radius 3 is 2.81 bits per heavy atom. The number of hydrogen-bond acceptors (Lipinski definition) is 5. The summed E-state index contributed by atoms with van der Waals surface area (Å²) in [4.78, 5) is 29.2. The highest BCUT2D eigenvalue weighted by Gasteiger charge is 2.30. The van der Waals surface area contributed by atoms with Crippen LogP contribution >= 0.6 is 0 Å². The van der Waals surface area contributed by atoms with Gasteiger partial charge in [-0.25, -0.2) is 9.97 Å². The maximum absolute atomic E-state index is 12.9. The average Bonchev–Trinajstić information content (AvgIpc) is 3.32. The lowest BCUT2D eigenvalue weighted by atomic mass is 9.96. The van der Waals surface area contributed by atoms with E-state index in [2.05, 4.69) is 27.3 Å². The Hall–Kier alpha value is -3.28. The summed E-state index contributed by atoms with van der Waals surface area (Å²) in [6.45, 7) is 2.16. The minimum Gasteiger partial charge on any atom is -0.355 e. The van der Waals surface area contributed by atoms with Crippen LogP contribution < -0.4 is 10.2 Å². The van der Waals surface area contributed by atoms with Gasteiger partial charge in [0.2, 0.25) is 5.91 Å². The number of benzene rings is 1. The third kappa shape index (κ3) is 4.29. The number of nitrogens with zero attached hydrogens (tertiary/aromatic N) is 4. The Kier molecular flexibility index (Phi) is 5.61. The van der Waals surface area contributed by atoms with Crippen molar-refractivity contribution in [3.05, 3.63) is 71.7 Å². The molecule has 0 bridgehead atoms. The minimum atomic E-state index is -0.0300. The molecule has 1 N–H and O–H groups in total. The fourth-order valence-corrected chi connectivity index (χ4v) is 4.61. The van der Waals surface area contributed by atoms with E-state index < -0.39 is 0 Å². The van der Waals surface area contributed by atoms with Gasteiger partial charge in [0.15, 0.2) is 5.82 Å². The zero-order chi connectivity index (χ0) is 21.0. The molecular formula is C25H27N5O. The normalized spacial score (nSPS) is 17.9. The summed E-state index contributed by atoms with van der Waals surface area (Å²) < 4.78 is 0. The van der Waals surface area contributed by atoms with E-state index in [0.717, 1.165) is 61.4 Å². The molecule has 1 aromatic carbocycles. The van der Waals surface area contributed by atoms with Crippen LogP contribution in [0.15, 0.2) is 54.9 Å². The van der Waals surface area contributed by atoms with Gasteiger partial charge in [0.25, 0.3) is 0 Å². The number of fused-ring (bicyclic) bond motifs is 1. The molecule has 0 radical (unpaired) electrons. The molecule has 3 aromatic rings. The van der Waals surface area contributed by atoms with Crippen LogP contribution in [-0.4, -0.2) is 33.9 Å². The van der Waals surface area contributed by atoms with Crippen molar-refractivity contribution in [2.24, 2.45) is 5.92 Å². The van der Waals surface area contributed by atoms with Crippen LogP contribution in [-0.2, 0) is 24.2 Å². The van der Waals surface area contributed by atoms with E-state index in [-0.39, 0.29) is 11.8 Å². The second-order valence-electron chi connectivity index (χ2n) is 8.38. The van der Waals surface area contributed by atoms with Gasteiger partial charge in [-0.1, -0.05) is 36.4 Å². The summed E-state index contributed by atoms with van der Waals surface area (Å²) in [7, 11) is 0. The van der Waals surface area contributed by atoms with Crippen LogP contribution in [0, 0.1) is 5.92 Å². The number of aromatic nitrogens is 3. The number of hydrogen-bond donors (Lipinski definition) is 1. The summed E-state index contributed by atoms with van der Waals surface area (Å²) in [6, 6.07) is 14.1. The molecule has 1 fully saturated rings. The molecule has 2 aliphatic rings. The molecule has 2 aromatic heterocycles. The van der Waals surface area contributed by atoms with Crippen LogP contribution in [0.5, 0.6) is 0 Å². The molecule has 158 valence electrons. The van der Waals surface area contributed by atoms with Gasteiger partial charge in [-0.3, -0.25) is 9.78 Å². The summed E-state index contributed by atoms with van der Waals surface area (Å²) in [6.07, 6.45) is 8.59. The zero-order valence-corrected chi connectivity index (χ0v) is 17.6. The minimum absolute atomic E-state index is 0.0300. The molecule has 0 unspecified atom stereocenters. The second-order valence-corrected chi connectivity index (χ2v) is 8.38. The lowest BCUT2D eigenvalue weighted by Crippen LogP contribution is -2.43. The number of aryl methyl sites for hydroxylation is 1. The summed E-state index contributed by atoms with van der Waals surface area (Å²) in [5, 5.41) is 3.09. The van der Waals surface area contributed by atoms with E-state index in [0.29, 0.717) is 13.1 Å². The number of piperidine rings is 1. The van der Waals surface area contributed by atoms with Crippen molar-refractivity contribution in [3.63, 3.8) is 0 Å². The molecule has 1 amide bonds. The lowest BCUT2D eigenvalue weighted by molar-refractivity contribution is -0.125. The van der Waals surface area contributed by atoms with Gasteiger partial charge in [0, 0.05) is 48.8 Å². The van der Waals surface area contributed by atoms with Crippen molar-refractivity contribution in [2.45, 2.75) is 38.6 Å². The number of nitrogens with one attached hydrogen (secondary N) is 1. The Morgan fingerprint density at radius 1 is 1.06 bits per heavy atom. The Morgan fingerprint density at radius 2 is 1.97 bits per heavy atom. The standard InChI is InChI=1S/C25H27N5O/c31-25(27-16-18-7-5-13-26-15-18)20-10-6-14-30(17-20)24-21-11-4-12-22(21)28-23(29-24)19-8-2-1-3-9-19/h1-3,5,7-9,13,15,20H,4,6,10-12,14,16-17H2,(H,27,31)/t20-/m1/s1. The smallest absolute Gasteiger partial charge is 0.225 e. The molecule has 6 nitrogen and oxygen atoms in total. The second kappa shape index (κ2) is 8.84. The lowest BCUT2D eigenvalue weighted by Gasteiger charge is -2.34. The number of carbonyl (C=O) groups is 1. The highest BCUT2D eigenvalue weighted by molar-refractivity contribution is 5.79. The van der Waals surface area contributed by atoms with Crippen molar-refractivity contribution in [3.8, 4) is 11.4 Å². The first kappa shape index (κ1) is 19.7. The van der Waals surface area contributed by atoms with Gasteiger partial charge in [-0.2, -0.15) is 0 Å². The van der Waals surface area contributed by atoms with Gasteiger partial charge in [0.05, 0.1) is 5.92 Å². The molecule has 31 heavy (non-hydrogen) atoms. The fraction of sp³-hybridized carbons (Fsp3) is 0.360. The predicted molar refractivity (Wildman–Crippen MR) is 121 cm³/mol. The third-order valence-corrected chi connectivity index (χ3v) is 6.22. The van der Waals surface area contributed by atoms with Gasteiger partial charge >= 0.3 is 0 Å². The Balaban J connectivity index is 1.35. The number of carbonyl (C=O) groups excluding carboxylic acids is 1. The number of pyridine rings is 1. The third-order valence-electron chi connectivity index (χ3n) is 6.22. The Labute approximate surface area is 182 Å². The van der Waals surface area contributed by atoms with E-state index in [9.17, 15) is 4.79 Å². The van der Waals surface area contributed by atoms with Crippen molar-refractivity contribution in [2.75, 3.05) is 18.0 Å². The highest BCUT2D eigenvalue weighted by atomic mass is 16.1. The van der Waals surface area contributed by atoms with Crippen molar-refractivity contribution < 1.29 is 4.79 Å². The monoisotopic (exact) mass is 413 g/mol. The van der Waals surface area contributed by atoms with Crippen molar-refractivity contribution in [1.29, 1.82) is 0 Å². The Bertz CT molecular complexity index is 1050. The molecule has 5 rings (SSSR count). The SMILES string of the molecule is O=C(NCc1cccnc1)[C@@H]1CCCN(c2nc(-c3ccccc3)nc3c2CCC3)C1. The van der Waals surface area contributed by atoms with E-state index in [4.69, 9.17) is 9.97 Å². The largest absolute Gasteiger partial charge is 0.355 e. The number of amides is 1. The van der Waals surface area contributed by atoms with Crippen LogP contribution in [0.25, 0.3) is 11.4 Å². The van der Waals surface area contributed by atoms with Gasteiger partial charge in [0.1, 0.15) is 5.82 Å². The maximum Gasteiger partial charge on any atom is 0.225 e. The fourth-order valence-electron chi connectivity index (χ4n) is 4.61. The summed E-state index contributed by atoms with van der Waals surface area (Å²) in [5.41, 5.74) is 4.51. The molecule has 6 heteroatoms. The zero-order valence-electron chi connectivity index (χ0n) is 17.6. The predicted octanol–water partition coefficient (Wildman–Crippen LogP) is 3.56. The molecule has 1 atom stereocenters. The first-order valence-corrected chi connectivity index (χ1v) is 11.1. The number of anilines is 1. The van der Waals surface area contributed by atoms with Crippen LogP contribution in [0.3, 0.4) is 0 Å². The summed E-state index contributed by atoms with van der Waals surface area (Å²) in [5.74, 6) is 1.91. The molecule has 1 aliphatic heterocycles. The molecule has 3 heterocycles. The van der Waals surface area contributed by atoms with E-state index in [1.54, 1.807) is 12.4 Å². The van der Waals surface area contributed by atoms with Crippen LogP contribution in [0.2, 0.25) is 0 Å². The van der Waals surface area contributed by atoms with E-state index in [1.165, 1.54) is 11.3 Å². The molecule has 1 saturated heterocycles. The molecule has 0 spiro atoms. The van der Waals surface area contributed by atoms with Crippen LogP contribution in [0.1, 0.15) is 36.1 Å². The van der Waals surface area contributed by atoms with Gasteiger partial charge in [-0.05, 0) is 43.7 Å². The topological polar surface area (TPSA) is 71.0 Å². The van der Waals surface area contributed by atoms with Gasteiger partial charge in [-0.15, -0.1) is 0 Å². The van der Waals surface area contributed by atoms with E-state index >= 15 is 0 Å². The number of rotatable bonds is 5. The molecule has 0 saturated carbocycles. The molecule has 1 aliphatic carbocycles. The first-order chi connectivity index (χ1) is 15.3. The first-order valence-electron chi connectivity index (χ1n) is 11.1. The maximum atomic E-state index is 12.9. The van der Waals surface area contributed by atoms with Crippen molar-refractivity contribution >= 4 is 11.7 Å². The highest BCUT2D eigenvalue weighted by Crippen LogP contribution is 2.33. The van der Waals surface area contributed by atoms with Crippen molar-refractivity contribution in [1.82, 2.24) is 20.3 Å².